The number of ether oxygens (including phenoxy) is 1. The van der Waals surface area contributed by atoms with Crippen molar-refractivity contribution in [1.29, 1.82) is 0 Å². The molecule has 1 aliphatic heterocycles. The lowest BCUT2D eigenvalue weighted by atomic mass is 10.2. The number of carbonyl (C=O) groups is 2. The van der Waals surface area contributed by atoms with Gasteiger partial charge in [-0.3, -0.25) is 15.0 Å². The number of likely N-dealkylation sites (N-methyl/N-ethyl adjacent to an activating group) is 1. The van der Waals surface area contributed by atoms with Crippen LogP contribution < -0.4 is 10.6 Å². The van der Waals surface area contributed by atoms with E-state index in [-0.39, 0.29) is 18.1 Å². The summed E-state index contributed by atoms with van der Waals surface area (Å²) in [6.45, 7) is 3.28. The van der Waals surface area contributed by atoms with Gasteiger partial charge in [0.25, 0.3) is 0 Å². The fourth-order valence-electron chi connectivity index (χ4n) is 1.75. The second kappa shape index (κ2) is 6.56. The molecule has 2 N–H and O–H groups in total. The first kappa shape index (κ1) is 13.9. The van der Waals surface area contributed by atoms with Gasteiger partial charge in [-0.1, -0.05) is 0 Å². The Hall–Kier alpha value is -1.14. The van der Waals surface area contributed by atoms with Crippen molar-refractivity contribution in [2.24, 2.45) is 0 Å². The molecule has 1 rings (SSSR count). The number of hydrogen-bond acceptors (Lipinski definition) is 4. The van der Waals surface area contributed by atoms with Crippen LogP contribution in [0.25, 0.3) is 0 Å². The molecule has 1 saturated heterocycles. The number of imide groups is 1. The van der Waals surface area contributed by atoms with Gasteiger partial charge in [-0.05, 0) is 26.8 Å². The summed E-state index contributed by atoms with van der Waals surface area (Å²) in [5, 5.41) is 4.61. The van der Waals surface area contributed by atoms with Crippen LogP contribution in [-0.4, -0.2) is 56.2 Å². The van der Waals surface area contributed by atoms with Gasteiger partial charge in [0, 0.05) is 20.2 Å². The summed E-state index contributed by atoms with van der Waals surface area (Å²) in [5.74, 6) is -0.301. The van der Waals surface area contributed by atoms with Gasteiger partial charge in [0.05, 0.1) is 12.1 Å². The Balaban J connectivity index is 2.36. The van der Waals surface area contributed by atoms with Crippen molar-refractivity contribution in [3.05, 3.63) is 0 Å². The zero-order valence-corrected chi connectivity index (χ0v) is 10.7. The Bertz CT molecular complexity index is 277. The van der Waals surface area contributed by atoms with E-state index in [2.05, 4.69) is 10.6 Å². The zero-order valence-electron chi connectivity index (χ0n) is 10.7. The molecule has 0 radical (unpaired) electrons. The van der Waals surface area contributed by atoms with Crippen LogP contribution >= 0.6 is 0 Å². The Morgan fingerprint density at radius 1 is 1.53 bits per heavy atom. The molecule has 17 heavy (non-hydrogen) atoms. The lowest BCUT2D eigenvalue weighted by Gasteiger charge is -2.25. The quantitative estimate of drug-likeness (QED) is 0.726. The Morgan fingerprint density at radius 3 is 2.76 bits per heavy atom. The highest BCUT2D eigenvalue weighted by molar-refractivity contribution is 5.96. The van der Waals surface area contributed by atoms with Crippen LogP contribution in [-0.2, 0) is 9.53 Å². The van der Waals surface area contributed by atoms with Crippen LogP contribution in [0.4, 0.5) is 4.79 Å². The van der Waals surface area contributed by atoms with Crippen molar-refractivity contribution in [3.8, 4) is 0 Å². The molecule has 6 heteroatoms. The predicted octanol–water partition coefficient (Wildman–Crippen LogP) is -0.0587. The van der Waals surface area contributed by atoms with Crippen molar-refractivity contribution >= 4 is 11.9 Å². The van der Waals surface area contributed by atoms with Crippen LogP contribution in [0.3, 0.4) is 0 Å². The van der Waals surface area contributed by atoms with Gasteiger partial charge in [-0.25, -0.2) is 4.79 Å². The van der Waals surface area contributed by atoms with Gasteiger partial charge in [0.1, 0.15) is 0 Å². The minimum Gasteiger partial charge on any atom is -0.377 e. The molecule has 0 aromatic heterocycles. The third kappa shape index (κ3) is 4.32. The topological polar surface area (TPSA) is 70.7 Å². The number of carbonyl (C=O) groups excluding carboxylic acids is 2. The van der Waals surface area contributed by atoms with E-state index in [0.717, 1.165) is 19.4 Å². The maximum absolute atomic E-state index is 11.7. The second-order valence-corrected chi connectivity index (χ2v) is 4.32. The summed E-state index contributed by atoms with van der Waals surface area (Å²) in [6.07, 6.45) is 2.32. The average Bonchev–Trinajstić information content (AvgIpc) is 2.80. The molecule has 6 nitrogen and oxygen atoms in total. The van der Waals surface area contributed by atoms with E-state index in [0.29, 0.717) is 6.54 Å². The first-order valence-electron chi connectivity index (χ1n) is 5.89. The third-order valence-electron chi connectivity index (χ3n) is 3.02. The minimum absolute atomic E-state index is 0.204. The van der Waals surface area contributed by atoms with Crippen molar-refractivity contribution in [2.75, 3.05) is 27.2 Å². The SMILES string of the molecule is CNC(=O)NC(=O)[C@H](C)N(C)C[C@H]1CCCO1. The smallest absolute Gasteiger partial charge is 0.321 e. The number of nitrogens with one attached hydrogen (secondary N) is 2. The molecule has 2 atom stereocenters. The highest BCUT2D eigenvalue weighted by Gasteiger charge is 2.24. The predicted molar refractivity (Wildman–Crippen MR) is 63.7 cm³/mol. The van der Waals surface area contributed by atoms with Gasteiger partial charge in [0.2, 0.25) is 5.91 Å². The maximum atomic E-state index is 11.7. The molecule has 0 spiro atoms. The van der Waals surface area contributed by atoms with E-state index in [9.17, 15) is 9.59 Å². The van der Waals surface area contributed by atoms with Crippen LogP contribution in [0.15, 0.2) is 0 Å². The second-order valence-electron chi connectivity index (χ2n) is 4.32. The van der Waals surface area contributed by atoms with E-state index in [1.165, 1.54) is 7.05 Å². The number of nitrogens with zero attached hydrogens (tertiary/aromatic N) is 1. The molecule has 0 bridgehead atoms. The zero-order chi connectivity index (χ0) is 12.8. The Kier molecular flexibility index (Phi) is 5.37. The standard InChI is InChI=1S/C11H21N3O3/c1-8(10(15)13-11(16)12-2)14(3)7-9-5-4-6-17-9/h8-9H,4-7H2,1-3H3,(H2,12,13,15,16)/t8-,9+/m0/s1. The first-order chi connectivity index (χ1) is 8.04. The molecule has 0 unspecified atom stereocenters. The first-order valence-corrected chi connectivity index (χ1v) is 5.89. The summed E-state index contributed by atoms with van der Waals surface area (Å²) in [4.78, 5) is 24.6. The lowest BCUT2D eigenvalue weighted by molar-refractivity contribution is -0.124. The molecule has 1 aliphatic rings. The average molecular weight is 243 g/mol. The lowest BCUT2D eigenvalue weighted by Crippen LogP contribution is -2.49. The fraction of sp³-hybridized carbons (Fsp3) is 0.818. The van der Waals surface area contributed by atoms with E-state index in [1.807, 2.05) is 11.9 Å². The monoisotopic (exact) mass is 243 g/mol. The molecule has 1 fully saturated rings. The van der Waals surface area contributed by atoms with Crippen LogP contribution in [0.5, 0.6) is 0 Å². The molecule has 0 aromatic carbocycles. The molecule has 98 valence electrons. The highest BCUT2D eigenvalue weighted by atomic mass is 16.5. The number of rotatable bonds is 4. The largest absolute Gasteiger partial charge is 0.377 e. The molecule has 1 heterocycles. The summed E-state index contributed by atoms with van der Waals surface area (Å²) in [6, 6.07) is -0.830. The summed E-state index contributed by atoms with van der Waals surface area (Å²) in [5.41, 5.74) is 0. The highest BCUT2D eigenvalue weighted by Crippen LogP contribution is 2.13. The fourth-order valence-corrected chi connectivity index (χ4v) is 1.75. The molecule has 3 amide bonds. The number of amides is 3. The molecule has 0 saturated carbocycles. The maximum Gasteiger partial charge on any atom is 0.321 e. The van der Waals surface area contributed by atoms with Gasteiger partial charge < -0.3 is 10.1 Å². The summed E-state index contributed by atoms with van der Waals surface area (Å²) in [7, 11) is 3.33. The Labute approximate surface area is 102 Å². The van der Waals surface area contributed by atoms with Gasteiger partial charge in [-0.15, -0.1) is 0 Å². The number of hydrogen-bond donors (Lipinski definition) is 2. The molecule has 0 aliphatic carbocycles. The van der Waals surface area contributed by atoms with Gasteiger partial charge in [-0.2, -0.15) is 0 Å². The van der Waals surface area contributed by atoms with E-state index < -0.39 is 6.03 Å². The van der Waals surface area contributed by atoms with E-state index in [1.54, 1.807) is 6.92 Å². The van der Waals surface area contributed by atoms with Crippen molar-refractivity contribution in [1.82, 2.24) is 15.5 Å². The van der Waals surface area contributed by atoms with Crippen LogP contribution in [0.1, 0.15) is 19.8 Å². The Morgan fingerprint density at radius 2 is 2.24 bits per heavy atom. The number of urea groups is 1. The molecular formula is C11H21N3O3. The minimum atomic E-state index is -0.479. The summed E-state index contributed by atoms with van der Waals surface area (Å²) >= 11 is 0. The van der Waals surface area contributed by atoms with Crippen molar-refractivity contribution < 1.29 is 14.3 Å². The van der Waals surface area contributed by atoms with E-state index in [4.69, 9.17) is 4.74 Å². The van der Waals surface area contributed by atoms with Gasteiger partial charge >= 0.3 is 6.03 Å². The van der Waals surface area contributed by atoms with Crippen LogP contribution in [0, 0.1) is 0 Å². The summed E-state index contributed by atoms with van der Waals surface area (Å²) < 4.78 is 5.50. The van der Waals surface area contributed by atoms with E-state index >= 15 is 0 Å². The van der Waals surface area contributed by atoms with Crippen LogP contribution in [0.2, 0.25) is 0 Å². The van der Waals surface area contributed by atoms with Crippen molar-refractivity contribution in [2.45, 2.75) is 31.9 Å². The third-order valence-corrected chi connectivity index (χ3v) is 3.02. The van der Waals surface area contributed by atoms with Crippen molar-refractivity contribution in [3.63, 3.8) is 0 Å². The molecule has 0 aromatic rings. The normalized spacial score (nSPS) is 21.3. The van der Waals surface area contributed by atoms with Gasteiger partial charge in [0.15, 0.2) is 0 Å². The molecular weight excluding hydrogens is 222 g/mol.